The van der Waals surface area contributed by atoms with E-state index in [0.717, 1.165) is 19.4 Å². The van der Waals surface area contributed by atoms with Gasteiger partial charge in [-0.05, 0) is 63.0 Å². The van der Waals surface area contributed by atoms with E-state index in [1.165, 1.54) is 12.1 Å². The molecule has 0 heterocycles. The lowest BCUT2D eigenvalue weighted by Gasteiger charge is -2.05. The molecule has 15 heavy (non-hydrogen) atoms. The molecule has 1 nitrogen and oxygen atoms in total. The van der Waals surface area contributed by atoms with Gasteiger partial charge in [0.05, 0.1) is 0 Å². The Morgan fingerprint density at radius 2 is 1.87 bits per heavy atom. The van der Waals surface area contributed by atoms with Gasteiger partial charge >= 0.3 is 0 Å². The molecular weight excluding hydrogens is 196 g/mol. The Hall–Kier alpha value is -0.960. The van der Waals surface area contributed by atoms with E-state index < -0.39 is 0 Å². The zero-order chi connectivity index (χ0) is 11.3. The van der Waals surface area contributed by atoms with Crippen LogP contribution in [-0.2, 0) is 6.42 Å². The lowest BCUT2D eigenvalue weighted by atomic mass is 10.1. The Bertz CT molecular complexity index is 324. The van der Waals surface area contributed by atoms with Gasteiger partial charge in [-0.15, -0.1) is 0 Å². The highest BCUT2D eigenvalue weighted by Crippen LogP contribution is 2.16. The second kappa shape index (κ2) is 5.81. The number of aryl methyl sites for hydroxylation is 2. The van der Waals surface area contributed by atoms with E-state index in [9.17, 15) is 8.78 Å². The predicted octanol–water partition coefficient (Wildman–Crippen LogP) is 2.82. The molecule has 0 aliphatic carbocycles. The zero-order valence-corrected chi connectivity index (χ0v) is 9.24. The molecule has 0 saturated carbocycles. The van der Waals surface area contributed by atoms with Gasteiger partial charge in [0.1, 0.15) is 11.6 Å². The van der Waals surface area contributed by atoms with Crippen LogP contribution in [0.15, 0.2) is 12.1 Å². The Balaban J connectivity index is 2.57. The number of hydrogen-bond donors (Lipinski definition) is 1. The highest BCUT2D eigenvalue weighted by molar-refractivity contribution is 5.25. The van der Waals surface area contributed by atoms with Crippen LogP contribution in [0.4, 0.5) is 8.78 Å². The second-order valence-corrected chi connectivity index (χ2v) is 3.75. The van der Waals surface area contributed by atoms with Crippen LogP contribution >= 0.6 is 0 Å². The minimum atomic E-state index is -0.319. The second-order valence-electron chi connectivity index (χ2n) is 3.75. The van der Waals surface area contributed by atoms with Crippen LogP contribution in [0.3, 0.4) is 0 Å². The van der Waals surface area contributed by atoms with Gasteiger partial charge in [-0.25, -0.2) is 8.78 Å². The minimum Gasteiger partial charge on any atom is -0.320 e. The largest absolute Gasteiger partial charge is 0.320 e. The van der Waals surface area contributed by atoms with Crippen LogP contribution < -0.4 is 5.32 Å². The summed E-state index contributed by atoms with van der Waals surface area (Å²) in [5, 5.41) is 3.02. The molecule has 0 aliphatic rings. The van der Waals surface area contributed by atoms with Crippen molar-refractivity contribution in [1.82, 2.24) is 5.32 Å². The van der Waals surface area contributed by atoms with Gasteiger partial charge in [-0.1, -0.05) is 0 Å². The SMILES string of the molecule is CNCCCCc1cc(F)c(C)cc1F. The maximum absolute atomic E-state index is 13.4. The van der Waals surface area contributed by atoms with Crippen molar-refractivity contribution in [3.8, 4) is 0 Å². The molecule has 3 heteroatoms. The van der Waals surface area contributed by atoms with E-state index in [-0.39, 0.29) is 11.6 Å². The normalized spacial score (nSPS) is 10.7. The van der Waals surface area contributed by atoms with Crippen molar-refractivity contribution in [3.63, 3.8) is 0 Å². The first-order chi connectivity index (χ1) is 7.15. The van der Waals surface area contributed by atoms with Crippen LogP contribution in [0.25, 0.3) is 0 Å². The van der Waals surface area contributed by atoms with E-state index in [1.807, 2.05) is 7.05 Å². The van der Waals surface area contributed by atoms with Crippen molar-refractivity contribution in [2.24, 2.45) is 0 Å². The molecule has 0 aliphatic heterocycles. The van der Waals surface area contributed by atoms with Gasteiger partial charge in [0.15, 0.2) is 0 Å². The maximum Gasteiger partial charge on any atom is 0.126 e. The van der Waals surface area contributed by atoms with Gasteiger partial charge in [0.2, 0.25) is 0 Å². The summed E-state index contributed by atoms with van der Waals surface area (Å²) >= 11 is 0. The highest BCUT2D eigenvalue weighted by atomic mass is 19.1. The van der Waals surface area contributed by atoms with Crippen molar-refractivity contribution in [1.29, 1.82) is 0 Å². The summed E-state index contributed by atoms with van der Waals surface area (Å²) in [4.78, 5) is 0. The van der Waals surface area contributed by atoms with Crippen molar-refractivity contribution >= 4 is 0 Å². The van der Waals surface area contributed by atoms with E-state index >= 15 is 0 Å². The van der Waals surface area contributed by atoms with E-state index in [1.54, 1.807) is 6.92 Å². The molecule has 0 spiro atoms. The summed E-state index contributed by atoms with van der Waals surface area (Å²) in [7, 11) is 1.88. The monoisotopic (exact) mass is 213 g/mol. The van der Waals surface area contributed by atoms with E-state index in [4.69, 9.17) is 0 Å². The molecule has 0 atom stereocenters. The number of rotatable bonds is 5. The molecule has 0 bridgehead atoms. The molecule has 0 aromatic heterocycles. The molecule has 0 unspecified atom stereocenters. The maximum atomic E-state index is 13.4. The van der Waals surface area contributed by atoms with E-state index in [0.29, 0.717) is 17.5 Å². The fourth-order valence-corrected chi connectivity index (χ4v) is 1.50. The Morgan fingerprint density at radius 1 is 1.13 bits per heavy atom. The molecule has 1 aromatic rings. The van der Waals surface area contributed by atoms with Crippen LogP contribution in [0.5, 0.6) is 0 Å². The van der Waals surface area contributed by atoms with Crippen molar-refractivity contribution in [2.75, 3.05) is 13.6 Å². The molecular formula is C12H17F2N. The number of benzene rings is 1. The van der Waals surface area contributed by atoms with Gasteiger partial charge in [0, 0.05) is 0 Å². The summed E-state index contributed by atoms with van der Waals surface area (Å²) < 4.78 is 26.5. The standard InChI is InChI=1S/C12H17F2N/c1-9-7-12(14)10(8-11(9)13)5-3-4-6-15-2/h7-8,15H,3-6H2,1-2H3. The third-order valence-corrected chi connectivity index (χ3v) is 2.45. The Morgan fingerprint density at radius 3 is 2.53 bits per heavy atom. The van der Waals surface area contributed by atoms with Crippen LogP contribution in [-0.4, -0.2) is 13.6 Å². The van der Waals surface area contributed by atoms with Gasteiger partial charge in [-0.3, -0.25) is 0 Å². The minimum absolute atomic E-state index is 0.293. The molecule has 0 amide bonds. The van der Waals surface area contributed by atoms with Crippen molar-refractivity contribution in [3.05, 3.63) is 34.9 Å². The summed E-state index contributed by atoms with van der Waals surface area (Å²) in [6.45, 7) is 2.49. The smallest absolute Gasteiger partial charge is 0.126 e. The summed E-state index contributed by atoms with van der Waals surface area (Å²) in [6, 6.07) is 2.58. The molecule has 1 rings (SSSR count). The van der Waals surface area contributed by atoms with E-state index in [2.05, 4.69) is 5.32 Å². The van der Waals surface area contributed by atoms with Gasteiger partial charge in [-0.2, -0.15) is 0 Å². The average Bonchev–Trinajstić information content (AvgIpc) is 2.20. The summed E-state index contributed by atoms with van der Waals surface area (Å²) in [6.07, 6.45) is 2.45. The molecule has 0 saturated heterocycles. The number of halogens is 2. The third kappa shape index (κ3) is 3.59. The highest BCUT2D eigenvalue weighted by Gasteiger charge is 2.06. The molecule has 0 fully saturated rings. The molecule has 84 valence electrons. The van der Waals surface area contributed by atoms with Crippen LogP contribution in [0.2, 0.25) is 0 Å². The van der Waals surface area contributed by atoms with Crippen molar-refractivity contribution in [2.45, 2.75) is 26.2 Å². The van der Waals surface area contributed by atoms with Gasteiger partial charge in [0.25, 0.3) is 0 Å². The summed E-state index contributed by atoms with van der Waals surface area (Å²) in [5.41, 5.74) is 0.848. The van der Waals surface area contributed by atoms with Crippen LogP contribution in [0.1, 0.15) is 24.0 Å². The number of nitrogens with one attached hydrogen (secondary N) is 1. The fourth-order valence-electron chi connectivity index (χ4n) is 1.50. The first kappa shape index (κ1) is 12.1. The quantitative estimate of drug-likeness (QED) is 0.742. The lowest BCUT2D eigenvalue weighted by molar-refractivity contribution is 0.570. The molecule has 1 N–H and O–H groups in total. The third-order valence-electron chi connectivity index (χ3n) is 2.45. The first-order valence-electron chi connectivity index (χ1n) is 5.24. The van der Waals surface area contributed by atoms with Gasteiger partial charge < -0.3 is 5.32 Å². The zero-order valence-electron chi connectivity index (χ0n) is 9.24. The Labute approximate surface area is 89.5 Å². The van der Waals surface area contributed by atoms with Crippen molar-refractivity contribution < 1.29 is 8.78 Å². The lowest BCUT2D eigenvalue weighted by Crippen LogP contribution is -2.07. The molecule has 0 radical (unpaired) electrons. The topological polar surface area (TPSA) is 12.0 Å². The predicted molar refractivity (Wildman–Crippen MR) is 58.0 cm³/mol. The summed E-state index contributed by atoms with van der Waals surface area (Å²) in [5.74, 6) is -0.613. The average molecular weight is 213 g/mol. The van der Waals surface area contributed by atoms with Crippen LogP contribution in [0, 0.1) is 18.6 Å². The molecule has 1 aromatic carbocycles. The Kier molecular flexibility index (Phi) is 4.69. The number of unbranched alkanes of at least 4 members (excludes halogenated alkanes) is 1. The number of hydrogen-bond acceptors (Lipinski definition) is 1. The first-order valence-corrected chi connectivity index (χ1v) is 5.24. The fraction of sp³-hybridized carbons (Fsp3) is 0.500.